The lowest BCUT2D eigenvalue weighted by molar-refractivity contribution is 0.645. The van der Waals surface area contributed by atoms with E-state index in [-0.39, 0.29) is 29.4 Å². The van der Waals surface area contributed by atoms with Crippen molar-refractivity contribution in [3.05, 3.63) is 58.7 Å². The van der Waals surface area contributed by atoms with Crippen molar-refractivity contribution in [3.63, 3.8) is 0 Å². The molecule has 0 radical (unpaired) electrons. The van der Waals surface area contributed by atoms with Gasteiger partial charge in [0.2, 0.25) is 0 Å². The predicted octanol–water partition coefficient (Wildman–Crippen LogP) is 3.82. The van der Waals surface area contributed by atoms with Gasteiger partial charge >= 0.3 is 0 Å². The number of aliphatic imine (C=N–C) groups is 1. The second-order valence-electron chi connectivity index (χ2n) is 6.95. The number of halogens is 2. The van der Waals surface area contributed by atoms with Gasteiger partial charge in [0.1, 0.15) is 5.82 Å². The lowest BCUT2D eigenvalue weighted by Crippen LogP contribution is -2.41. The maximum Gasteiger partial charge on any atom is 0.191 e. The number of pyridine rings is 1. The molecule has 1 aliphatic carbocycles. The van der Waals surface area contributed by atoms with Crippen LogP contribution in [0.25, 0.3) is 0 Å². The zero-order valence-electron chi connectivity index (χ0n) is 16.0. The van der Waals surface area contributed by atoms with Gasteiger partial charge in [-0.2, -0.15) is 0 Å². The number of nitrogens with zero attached hydrogens (tertiary/aromatic N) is 3. The van der Waals surface area contributed by atoms with Gasteiger partial charge < -0.3 is 15.5 Å². The number of anilines is 1. The van der Waals surface area contributed by atoms with Crippen molar-refractivity contribution in [2.45, 2.75) is 24.8 Å². The molecule has 1 aromatic carbocycles. The highest BCUT2D eigenvalue weighted by atomic mass is 127. The van der Waals surface area contributed by atoms with Gasteiger partial charge in [-0.15, -0.1) is 24.0 Å². The largest absolute Gasteiger partial charge is 0.362 e. The normalized spacial score (nSPS) is 14.9. The Kier molecular flexibility index (Phi) is 7.73. The van der Waals surface area contributed by atoms with Gasteiger partial charge in [-0.1, -0.05) is 29.8 Å². The summed E-state index contributed by atoms with van der Waals surface area (Å²) < 4.78 is 0. The summed E-state index contributed by atoms with van der Waals surface area (Å²) in [5.74, 6) is 1.76. The van der Waals surface area contributed by atoms with E-state index in [1.165, 1.54) is 18.4 Å². The minimum atomic E-state index is 0. The van der Waals surface area contributed by atoms with E-state index in [0.717, 1.165) is 28.9 Å². The third kappa shape index (κ3) is 5.48. The third-order valence-corrected chi connectivity index (χ3v) is 5.08. The second kappa shape index (κ2) is 9.59. The average molecular weight is 500 g/mol. The van der Waals surface area contributed by atoms with Crippen LogP contribution in [0.3, 0.4) is 0 Å². The summed E-state index contributed by atoms with van der Waals surface area (Å²) in [7, 11) is 5.80. The van der Waals surface area contributed by atoms with Crippen LogP contribution in [-0.2, 0) is 12.0 Å². The summed E-state index contributed by atoms with van der Waals surface area (Å²) in [5.41, 5.74) is 2.61. The van der Waals surface area contributed by atoms with Crippen LogP contribution in [0.4, 0.5) is 5.82 Å². The number of hydrogen-bond donors (Lipinski definition) is 2. The Morgan fingerprint density at radius 1 is 1.22 bits per heavy atom. The predicted molar refractivity (Wildman–Crippen MR) is 125 cm³/mol. The van der Waals surface area contributed by atoms with Crippen molar-refractivity contribution in [2.75, 3.05) is 32.6 Å². The first-order valence-corrected chi connectivity index (χ1v) is 9.24. The lowest BCUT2D eigenvalue weighted by Gasteiger charge is -2.20. The number of aromatic nitrogens is 1. The molecular weight excluding hydrogens is 473 g/mol. The summed E-state index contributed by atoms with van der Waals surface area (Å²) in [6, 6.07) is 12.2. The van der Waals surface area contributed by atoms with Crippen LogP contribution >= 0.6 is 35.6 Å². The Morgan fingerprint density at radius 2 is 2.00 bits per heavy atom. The highest BCUT2D eigenvalue weighted by Crippen LogP contribution is 2.48. The van der Waals surface area contributed by atoms with Crippen LogP contribution in [0.15, 0.2) is 47.6 Å². The molecule has 1 heterocycles. The molecule has 1 fully saturated rings. The van der Waals surface area contributed by atoms with Gasteiger partial charge in [-0.05, 0) is 36.6 Å². The molecular formula is C20H27ClIN5. The van der Waals surface area contributed by atoms with Crippen molar-refractivity contribution in [2.24, 2.45) is 4.99 Å². The third-order valence-electron chi connectivity index (χ3n) is 4.85. The molecule has 1 aliphatic rings. The van der Waals surface area contributed by atoms with Crippen LogP contribution in [0.5, 0.6) is 0 Å². The molecule has 0 atom stereocenters. The number of benzene rings is 1. The van der Waals surface area contributed by atoms with Crippen molar-refractivity contribution >= 4 is 47.4 Å². The van der Waals surface area contributed by atoms with E-state index in [1.54, 1.807) is 7.05 Å². The first kappa shape index (κ1) is 21.8. The van der Waals surface area contributed by atoms with Crippen LogP contribution in [0, 0.1) is 0 Å². The van der Waals surface area contributed by atoms with Crippen molar-refractivity contribution in [3.8, 4) is 0 Å². The molecule has 7 heteroatoms. The van der Waals surface area contributed by atoms with E-state index in [4.69, 9.17) is 11.6 Å². The monoisotopic (exact) mass is 499 g/mol. The summed E-state index contributed by atoms with van der Waals surface area (Å²) >= 11 is 6.16. The van der Waals surface area contributed by atoms with E-state index in [0.29, 0.717) is 6.54 Å². The number of rotatable bonds is 6. The minimum absolute atomic E-state index is 0. The summed E-state index contributed by atoms with van der Waals surface area (Å²) in [5, 5.41) is 7.66. The highest BCUT2D eigenvalue weighted by molar-refractivity contribution is 14.0. The molecule has 3 rings (SSSR count). The van der Waals surface area contributed by atoms with Crippen LogP contribution < -0.4 is 15.5 Å². The van der Waals surface area contributed by atoms with Crippen LogP contribution in [0.2, 0.25) is 5.02 Å². The Hall–Kier alpha value is -1.54. The van der Waals surface area contributed by atoms with E-state index < -0.39 is 0 Å². The zero-order chi connectivity index (χ0) is 18.6. The minimum Gasteiger partial charge on any atom is -0.362 e. The maximum absolute atomic E-state index is 6.16. The molecule has 0 saturated heterocycles. The van der Waals surface area contributed by atoms with Crippen molar-refractivity contribution < 1.29 is 0 Å². The summed E-state index contributed by atoms with van der Waals surface area (Å²) in [6.07, 6.45) is 4.16. The summed E-state index contributed by atoms with van der Waals surface area (Å²) in [6.45, 7) is 1.52. The standard InChI is InChI=1S/C20H26ClN5.HI/c1-22-19(24-13-15-6-5-11-23-18(15)26(2)3)25-14-20(9-10-20)16-7-4-8-17(21)12-16;/h4-8,11-12H,9-10,13-14H2,1-3H3,(H2,22,24,25);1H. The Bertz CT molecular complexity index is 789. The van der Waals surface area contributed by atoms with Crippen LogP contribution in [-0.4, -0.2) is 38.6 Å². The molecule has 27 heavy (non-hydrogen) atoms. The molecule has 0 amide bonds. The van der Waals surface area contributed by atoms with E-state index >= 15 is 0 Å². The lowest BCUT2D eigenvalue weighted by atomic mass is 9.96. The first-order valence-electron chi connectivity index (χ1n) is 8.86. The molecule has 5 nitrogen and oxygen atoms in total. The molecule has 0 unspecified atom stereocenters. The highest BCUT2D eigenvalue weighted by Gasteiger charge is 2.44. The molecule has 1 saturated carbocycles. The Morgan fingerprint density at radius 3 is 2.63 bits per heavy atom. The zero-order valence-corrected chi connectivity index (χ0v) is 19.1. The van der Waals surface area contributed by atoms with E-state index in [9.17, 15) is 0 Å². The van der Waals surface area contributed by atoms with Gasteiger partial charge in [-0.25, -0.2) is 4.98 Å². The summed E-state index contributed by atoms with van der Waals surface area (Å²) in [4.78, 5) is 10.8. The topological polar surface area (TPSA) is 52.6 Å². The maximum atomic E-state index is 6.16. The Balaban J connectivity index is 0.00000261. The van der Waals surface area contributed by atoms with Crippen LogP contribution in [0.1, 0.15) is 24.0 Å². The molecule has 0 aliphatic heterocycles. The van der Waals surface area contributed by atoms with Gasteiger partial charge in [0.05, 0.1) is 0 Å². The number of hydrogen-bond acceptors (Lipinski definition) is 3. The van der Waals surface area contributed by atoms with Gasteiger partial charge in [-0.3, -0.25) is 4.99 Å². The fourth-order valence-corrected chi connectivity index (χ4v) is 3.35. The average Bonchev–Trinajstić information content (AvgIpc) is 3.43. The quantitative estimate of drug-likeness (QED) is 0.360. The van der Waals surface area contributed by atoms with E-state index in [1.807, 2.05) is 43.4 Å². The molecule has 2 N–H and O–H groups in total. The van der Waals surface area contributed by atoms with Gasteiger partial charge in [0, 0.05) is 56.4 Å². The fraction of sp³-hybridized carbons (Fsp3) is 0.400. The molecule has 1 aromatic heterocycles. The van der Waals surface area contributed by atoms with Crippen molar-refractivity contribution in [1.82, 2.24) is 15.6 Å². The molecule has 2 aromatic rings. The van der Waals surface area contributed by atoms with E-state index in [2.05, 4.69) is 38.8 Å². The Labute approximate surface area is 183 Å². The SMILES string of the molecule is CN=C(NCc1cccnc1N(C)C)NCC1(c2cccc(Cl)c2)CC1.I. The smallest absolute Gasteiger partial charge is 0.191 e. The molecule has 0 spiro atoms. The number of guanidine groups is 1. The van der Waals surface area contributed by atoms with Gasteiger partial charge in [0.25, 0.3) is 0 Å². The fourth-order valence-electron chi connectivity index (χ4n) is 3.16. The first-order chi connectivity index (χ1) is 12.5. The van der Waals surface area contributed by atoms with Gasteiger partial charge in [0.15, 0.2) is 5.96 Å². The second-order valence-corrected chi connectivity index (χ2v) is 7.39. The number of nitrogens with one attached hydrogen (secondary N) is 2. The molecule has 0 bridgehead atoms. The van der Waals surface area contributed by atoms with Crippen molar-refractivity contribution in [1.29, 1.82) is 0 Å². The molecule has 146 valence electrons.